The smallest absolute Gasteiger partial charge is 0.355 e. The molecular weight excluding hydrogens is 578 g/mol. The molecule has 3 aliphatic rings. The van der Waals surface area contributed by atoms with Crippen molar-refractivity contribution < 1.29 is 19.4 Å². The number of allylic oxidation sites excluding steroid dienone is 1. The van der Waals surface area contributed by atoms with E-state index < -0.39 is 5.97 Å². The fourth-order valence-electron chi connectivity index (χ4n) is 9.51. The minimum atomic E-state index is -1.09. The Labute approximate surface area is 273 Å². The van der Waals surface area contributed by atoms with Gasteiger partial charge in [0.1, 0.15) is 5.82 Å². The quantitative estimate of drug-likeness (QED) is 0.160. The van der Waals surface area contributed by atoms with Gasteiger partial charge in [0.2, 0.25) is 6.41 Å². The number of anilines is 1. The highest BCUT2D eigenvalue weighted by Crippen LogP contribution is 2.63. The van der Waals surface area contributed by atoms with Gasteiger partial charge in [-0.3, -0.25) is 9.79 Å². The minimum absolute atomic E-state index is 0.0243. The van der Waals surface area contributed by atoms with Crippen LogP contribution in [0.2, 0.25) is 0 Å². The molecule has 2 saturated carbocycles. The van der Waals surface area contributed by atoms with Gasteiger partial charge in [0, 0.05) is 49.2 Å². The number of ether oxygens (including phenoxy) is 1. The predicted octanol–water partition coefficient (Wildman–Crippen LogP) is 5.93. The van der Waals surface area contributed by atoms with Crippen molar-refractivity contribution in [1.29, 1.82) is 0 Å². The number of carbonyl (C=O) groups excluding carboxylic acids is 1. The highest BCUT2D eigenvalue weighted by Gasteiger charge is 2.57. The Balaban J connectivity index is 1.38. The number of aliphatic imine (C=N–C) groups is 1. The Bertz CT molecular complexity index is 1550. The number of amides is 1. The normalized spacial score (nSPS) is 27.6. The van der Waals surface area contributed by atoms with E-state index in [0.29, 0.717) is 55.3 Å². The number of fused-ring (bicyclic) bond motifs is 3. The second kappa shape index (κ2) is 12.8. The summed E-state index contributed by atoms with van der Waals surface area (Å²) in [5, 5.41) is 13.0. The minimum Gasteiger partial charge on any atom is -0.476 e. The second-order valence-electron chi connectivity index (χ2n) is 15.5. The van der Waals surface area contributed by atoms with Crippen molar-refractivity contribution >= 4 is 29.5 Å². The number of benzene rings is 1. The van der Waals surface area contributed by atoms with Crippen LogP contribution in [0, 0.1) is 23.2 Å². The maximum atomic E-state index is 12.5. The Hall–Kier alpha value is -3.72. The number of nitrogens with one attached hydrogen (secondary N) is 1. The molecule has 1 aromatic carbocycles. The van der Waals surface area contributed by atoms with Crippen LogP contribution in [0.25, 0.3) is 5.57 Å². The number of aryl methyl sites for hydroxylation is 1. The maximum absolute atomic E-state index is 12.5. The Morgan fingerprint density at radius 3 is 2.63 bits per heavy atom. The summed E-state index contributed by atoms with van der Waals surface area (Å²) in [4.78, 5) is 35.2. The van der Waals surface area contributed by atoms with Crippen LogP contribution in [0.4, 0.5) is 5.82 Å². The largest absolute Gasteiger partial charge is 0.476 e. The molecule has 9 nitrogen and oxygen atoms in total. The number of carboxylic acid groups (broad SMARTS) is 1. The van der Waals surface area contributed by atoms with Crippen molar-refractivity contribution in [2.24, 2.45) is 27.0 Å². The van der Waals surface area contributed by atoms with Crippen molar-refractivity contribution in [3.05, 3.63) is 64.5 Å². The zero-order valence-corrected chi connectivity index (χ0v) is 28.4. The van der Waals surface area contributed by atoms with Crippen LogP contribution in [0.1, 0.15) is 99.5 Å². The Kier molecular flexibility index (Phi) is 9.37. The van der Waals surface area contributed by atoms with Gasteiger partial charge < -0.3 is 25.8 Å². The van der Waals surface area contributed by atoms with Crippen molar-refractivity contribution in [3.8, 4) is 0 Å². The molecule has 2 aromatic rings. The van der Waals surface area contributed by atoms with Gasteiger partial charge in [-0.1, -0.05) is 45.9 Å². The van der Waals surface area contributed by atoms with Gasteiger partial charge in [-0.2, -0.15) is 0 Å². The van der Waals surface area contributed by atoms with Crippen LogP contribution < -0.4 is 16.0 Å². The Morgan fingerprint density at radius 1 is 1.13 bits per heavy atom. The molecule has 3 atom stereocenters. The number of nitrogens with zero attached hydrogens (tertiary/aromatic N) is 3. The molecule has 2 heterocycles. The number of aromatic carboxylic acids is 1. The molecule has 4 N–H and O–H groups in total. The van der Waals surface area contributed by atoms with E-state index in [0.717, 1.165) is 45.1 Å². The van der Waals surface area contributed by atoms with Crippen LogP contribution in [0.15, 0.2) is 41.5 Å². The average molecular weight is 630 g/mol. The van der Waals surface area contributed by atoms with Gasteiger partial charge in [0.25, 0.3) is 0 Å². The van der Waals surface area contributed by atoms with Crippen LogP contribution in [-0.2, 0) is 22.5 Å². The number of hydrogen-bond acceptors (Lipinski definition) is 7. The van der Waals surface area contributed by atoms with Crippen LogP contribution >= 0.6 is 0 Å². The van der Waals surface area contributed by atoms with Crippen molar-refractivity contribution in [3.63, 3.8) is 0 Å². The molecule has 0 spiro atoms. The monoisotopic (exact) mass is 629 g/mol. The number of rotatable bonds is 11. The van der Waals surface area contributed by atoms with Crippen LogP contribution in [0.3, 0.4) is 0 Å². The van der Waals surface area contributed by atoms with Gasteiger partial charge in [-0.25, -0.2) is 9.78 Å². The topological polar surface area (TPSA) is 130 Å². The molecule has 2 fully saturated rings. The van der Waals surface area contributed by atoms with E-state index in [9.17, 15) is 14.7 Å². The van der Waals surface area contributed by atoms with E-state index in [-0.39, 0.29) is 27.5 Å². The molecule has 2 aliphatic carbocycles. The number of carboxylic acids is 1. The first kappa shape index (κ1) is 33.6. The van der Waals surface area contributed by atoms with E-state index >= 15 is 0 Å². The molecule has 0 saturated heterocycles. The van der Waals surface area contributed by atoms with Gasteiger partial charge in [0.05, 0.1) is 12.2 Å². The molecule has 2 bridgehead atoms. The van der Waals surface area contributed by atoms with E-state index in [1.807, 2.05) is 19.1 Å². The van der Waals surface area contributed by atoms with E-state index in [4.69, 9.17) is 15.5 Å². The summed E-state index contributed by atoms with van der Waals surface area (Å²) in [7, 11) is 0. The first-order valence-corrected chi connectivity index (χ1v) is 16.5. The molecule has 46 heavy (non-hydrogen) atoms. The van der Waals surface area contributed by atoms with Crippen LogP contribution in [-0.4, -0.2) is 60.0 Å². The number of aromatic nitrogens is 1. The standard InChI is InChI=1S/C37H51N5O4/c1-25-8-7-9-27-12-14-42(17-30(25)27)31-11-10-28(32(41-31)33(44)45)29(16-38)26(2)40-23-36(6)20-35(5)18-34(3,4)19-37(21-35,22-36)46-15-13-39-24-43/h7-11,16,24H,12-15,17-23,38H2,1-6H3,(H,39,43)(H,44,45). The molecule has 9 heteroatoms. The summed E-state index contributed by atoms with van der Waals surface area (Å²) in [6.45, 7) is 16.4. The second-order valence-corrected chi connectivity index (χ2v) is 15.5. The van der Waals surface area contributed by atoms with Gasteiger partial charge >= 0.3 is 5.97 Å². The summed E-state index contributed by atoms with van der Waals surface area (Å²) in [5.41, 5.74) is 11.6. The lowest BCUT2D eigenvalue weighted by Crippen LogP contribution is -2.57. The highest BCUT2D eigenvalue weighted by molar-refractivity contribution is 6.24. The number of carbonyl (C=O) groups is 2. The number of hydrogen-bond donors (Lipinski definition) is 3. The van der Waals surface area contributed by atoms with E-state index in [2.05, 4.69) is 68.0 Å². The lowest BCUT2D eigenvalue weighted by Gasteiger charge is -2.61. The molecule has 1 aliphatic heterocycles. The summed E-state index contributed by atoms with van der Waals surface area (Å²) in [6, 6.07) is 10.1. The summed E-state index contributed by atoms with van der Waals surface area (Å²) >= 11 is 0. The number of nitrogens with two attached hydrogens (primary N) is 1. The fraction of sp³-hybridized carbons (Fsp3) is 0.568. The SMILES string of the molecule is CC(=NCC1(C)CC2(C)CC(C)(C)CC(OCCNC=O)(C1)C2)C(=CN)c1ccc(N2CCc3cccc(C)c3C2)nc1C(=O)O. The summed E-state index contributed by atoms with van der Waals surface area (Å²) in [5.74, 6) is -0.449. The summed E-state index contributed by atoms with van der Waals surface area (Å²) in [6.07, 6.45) is 8.03. The molecule has 0 radical (unpaired) electrons. The molecule has 3 unspecified atom stereocenters. The first-order chi connectivity index (χ1) is 21.7. The fourth-order valence-corrected chi connectivity index (χ4v) is 9.51. The van der Waals surface area contributed by atoms with Gasteiger partial charge in [-0.05, 0) is 97.4 Å². The zero-order chi connectivity index (χ0) is 33.3. The van der Waals surface area contributed by atoms with Gasteiger partial charge in [0.15, 0.2) is 5.69 Å². The lowest BCUT2D eigenvalue weighted by molar-refractivity contribution is -0.188. The van der Waals surface area contributed by atoms with Crippen LogP contribution in [0.5, 0.6) is 0 Å². The van der Waals surface area contributed by atoms with Crippen molar-refractivity contribution in [1.82, 2.24) is 10.3 Å². The Morgan fingerprint density at radius 2 is 1.91 bits per heavy atom. The molecule has 5 rings (SSSR count). The van der Waals surface area contributed by atoms with E-state index in [1.165, 1.54) is 22.9 Å². The van der Waals surface area contributed by atoms with Crippen molar-refractivity contribution in [2.45, 2.75) is 92.2 Å². The molecule has 1 amide bonds. The third-order valence-corrected chi connectivity index (χ3v) is 10.3. The summed E-state index contributed by atoms with van der Waals surface area (Å²) < 4.78 is 6.64. The predicted molar refractivity (Wildman–Crippen MR) is 183 cm³/mol. The molecule has 1 aromatic heterocycles. The first-order valence-electron chi connectivity index (χ1n) is 16.5. The number of pyridine rings is 1. The third kappa shape index (κ3) is 7.14. The molecular formula is C37H51N5O4. The maximum Gasteiger partial charge on any atom is 0.355 e. The zero-order valence-electron chi connectivity index (χ0n) is 28.4. The third-order valence-electron chi connectivity index (χ3n) is 10.3. The van der Waals surface area contributed by atoms with E-state index in [1.54, 1.807) is 0 Å². The lowest BCUT2D eigenvalue weighted by atomic mass is 9.48. The van der Waals surface area contributed by atoms with Gasteiger partial charge in [-0.15, -0.1) is 0 Å². The highest BCUT2D eigenvalue weighted by atomic mass is 16.5. The average Bonchev–Trinajstić information content (AvgIpc) is 2.97. The molecule has 248 valence electrons. The van der Waals surface area contributed by atoms with Crippen molar-refractivity contribution in [2.75, 3.05) is 31.1 Å².